The minimum Gasteiger partial charge on any atom is -0.215 e. The Bertz CT molecular complexity index is 186. The molecule has 0 bridgehead atoms. The molecule has 0 aliphatic rings. The topological polar surface area (TPSA) is 0 Å². The Balaban J connectivity index is 5.30. The molecule has 0 fully saturated rings. The standard InChI is InChI=1S/C4F9I/c5-1(6,3(8,9)10)2(7,14)4(11,12)13. The first-order valence-electron chi connectivity index (χ1n) is 2.64. The molecule has 1 unspecified atom stereocenters. The summed E-state index contributed by atoms with van der Waals surface area (Å²) in [4.78, 5) is 0. The lowest BCUT2D eigenvalue weighted by Crippen LogP contribution is -2.58. The van der Waals surface area contributed by atoms with Crippen molar-refractivity contribution in [2.45, 2.75) is 22.0 Å². The van der Waals surface area contributed by atoms with Gasteiger partial charge in [0.2, 0.25) is 0 Å². The highest BCUT2D eigenvalue weighted by molar-refractivity contribution is 14.1. The summed E-state index contributed by atoms with van der Waals surface area (Å²) in [6.07, 6.45) is -12.9. The van der Waals surface area contributed by atoms with Crippen molar-refractivity contribution in [3.8, 4) is 0 Å². The second-order valence-electron chi connectivity index (χ2n) is 2.14. The average molecular weight is 346 g/mol. The van der Waals surface area contributed by atoms with Gasteiger partial charge in [0.25, 0.3) is 0 Å². The highest BCUT2D eigenvalue weighted by Gasteiger charge is 2.80. The van der Waals surface area contributed by atoms with Crippen LogP contribution in [0.2, 0.25) is 0 Å². The summed E-state index contributed by atoms with van der Waals surface area (Å²) in [5, 5.41) is 0. The average Bonchev–Trinajstić information content (AvgIpc) is 1.81. The van der Waals surface area contributed by atoms with Crippen LogP contribution in [0.5, 0.6) is 0 Å². The van der Waals surface area contributed by atoms with Crippen LogP contribution in [0.15, 0.2) is 0 Å². The van der Waals surface area contributed by atoms with Crippen molar-refractivity contribution in [2.24, 2.45) is 0 Å². The quantitative estimate of drug-likeness (QED) is 0.385. The molecule has 0 aliphatic heterocycles. The number of hydrogen-bond donors (Lipinski definition) is 0. The fourth-order valence-corrected chi connectivity index (χ4v) is 0.662. The first-order valence-corrected chi connectivity index (χ1v) is 3.72. The minimum absolute atomic E-state index is 0.611. The normalized spacial score (nSPS) is 19.3. The SMILES string of the molecule is FC(F)(F)C(F)(F)C(F)(I)C(F)(F)F. The summed E-state index contributed by atoms with van der Waals surface area (Å²) < 4.78 is 99.1. The van der Waals surface area contributed by atoms with Gasteiger partial charge in [0, 0.05) is 0 Å². The number of halogens is 10. The molecule has 1 atom stereocenters. The molecule has 0 aromatic heterocycles. The molecule has 14 heavy (non-hydrogen) atoms. The highest BCUT2D eigenvalue weighted by Crippen LogP contribution is 2.56. The van der Waals surface area contributed by atoms with Crippen LogP contribution in [-0.2, 0) is 0 Å². The molecule has 86 valence electrons. The Morgan fingerprint density at radius 1 is 0.571 bits per heavy atom. The predicted molar refractivity (Wildman–Crippen MR) is 34.9 cm³/mol. The molecule has 0 heterocycles. The van der Waals surface area contributed by atoms with Crippen molar-refractivity contribution in [3.05, 3.63) is 0 Å². The van der Waals surface area contributed by atoms with Crippen molar-refractivity contribution >= 4 is 22.6 Å². The Morgan fingerprint density at radius 2 is 0.857 bits per heavy atom. The maximum Gasteiger partial charge on any atom is 0.458 e. The zero-order valence-corrected chi connectivity index (χ0v) is 7.94. The Morgan fingerprint density at radius 3 is 0.929 bits per heavy atom. The Labute approximate surface area is 84.6 Å². The molecule has 0 aliphatic carbocycles. The number of alkyl halides is 10. The van der Waals surface area contributed by atoms with E-state index in [0.29, 0.717) is 0 Å². The van der Waals surface area contributed by atoms with E-state index in [2.05, 4.69) is 0 Å². The maximum absolute atomic E-state index is 12.3. The van der Waals surface area contributed by atoms with Crippen LogP contribution in [-0.4, -0.2) is 22.0 Å². The van der Waals surface area contributed by atoms with Gasteiger partial charge in [-0.05, 0) is 22.6 Å². The molecule has 0 radical (unpaired) electrons. The lowest BCUT2D eigenvalue weighted by atomic mass is 10.2. The monoisotopic (exact) mass is 346 g/mol. The van der Waals surface area contributed by atoms with Gasteiger partial charge in [-0.25, -0.2) is 4.39 Å². The summed E-state index contributed by atoms with van der Waals surface area (Å²) >= 11 is -0.611. The van der Waals surface area contributed by atoms with Crippen LogP contribution in [0, 0.1) is 0 Å². The molecule has 0 rings (SSSR count). The van der Waals surface area contributed by atoms with E-state index < -0.39 is 44.5 Å². The summed E-state index contributed by atoms with van der Waals surface area (Å²) in [5.41, 5.74) is 0. The van der Waals surface area contributed by atoms with Crippen LogP contribution in [0.1, 0.15) is 0 Å². The molecule has 0 nitrogen and oxygen atoms in total. The van der Waals surface area contributed by atoms with Crippen molar-refractivity contribution in [1.29, 1.82) is 0 Å². The summed E-state index contributed by atoms with van der Waals surface area (Å²) in [5.74, 6) is -6.49. The Kier molecular flexibility index (Phi) is 3.33. The summed E-state index contributed by atoms with van der Waals surface area (Å²) in [6, 6.07) is 0. The smallest absolute Gasteiger partial charge is 0.215 e. The maximum atomic E-state index is 12.3. The van der Waals surface area contributed by atoms with Gasteiger partial charge in [0.15, 0.2) is 0 Å². The third-order valence-corrected chi connectivity index (χ3v) is 2.40. The third-order valence-electron chi connectivity index (χ3n) is 1.11. The van der Waals surface area contributed by atoms with Crippen LogP contribution in [0.3, 0.4) is 0 Å². The van der Waals surface area contributed by atoms with Gasteiger partial charge in [-0.15, -0.1) is 0 Å². The van der Waals surface area contributed by atoms with Crippen molar-refractivity contribution < 1.29 is 39.5 Å². The molecule has 10 heteroatoms. The molecule has 0 N–H and O–H groups in total. The van der Waals surface area contributed by atoms with Crippen molar-refractivity contribution in [2.75, 3.05) is 0 Å². The van der Waals surface area contributed by atoms with Gasteiger partial charge in [0.1, 0.15) is 0 Å². The Hall–Kier alpha value is 0.1000. The van der Waals surface area contributed by atoms with Gasteiger partial charge in [-0.1, -0.05) is 0 Å². The second kappa shape index (κ2) is 3.30. The van der Waals surface area contributed by atoms with E-state index in [9.17, 15) is 39.5 Å². The molecular formula is C4F9I. The highest BCUT2D eigenvalue weighted by atomic mass is 127. The number of hydrogen-bond acceptors (Lipinski definition) is 0. The van der Waals surface area contributed by atoms with Crippen LogP contribution in [0.25, 0.3) is 0 Å². The molecule has 0 spiro atoms. The predicted octanol–water partition coefficient (Wildman–Crippen LogP) is 3.85. The van der Waals surface area contributed by atoms with E-state index in [-0.39, 0.29) is 0 Å². The van der Waals surface area contributed by atoms with Crippen molar-refractivity contribution in [1.82, 2.24) is 0 Å². The molecule has 0 saturated carbocycles. The van der Waals surface area contributed by atoms with Crippen LogP contribution in [0.4, 0.5) is 39.5 Å². The molecule has 0 amide bonds. The fraction of sp³-hybridized carbons (Fsp3) is 1.00. The fourth-order valence-electron chi connectivity index (χ4n) is 0.356. The van der Waals surface area contributed by atoms with E-state index in [1.807, 2.05) is 0 Å². The van der Waals surface area contributed by atoms with E-state index in [0.717, 1.165) is 0 Å². The van der Waals surface area contributed by atoms with E-state index in [4.69, 9.17) is 0 Å². The van der Waals surface area contributed by atoms with Gasteiger partial charge in [-0.2, -0.15) is 35.1 Å². The zero-order valence-electron chi connectivity index (χ0n) is 5.78. The molecule has 0 saturated heterocycles. The van der Waals surface area contributed by atoms with Gasteiger partial charge in [0.05, 0.1) is 0 Å². The van der Waals surface area contributed by atoms with Gasteiger partial charge < -0.3 is 0 Å². The third kappa shape index (κ3) is 2.03. The van der Waals surface area contributed by atoms with Gasteiger partial charge >= 0.3 is 22.0 Å². The molecular weight excluding hydrogens is 346 g/mol. The van der Waals surface area contributed by atoms with E-state index in [1.165, 1.54) is 0 Å². The lowest BCUT2D eigenvalue weighted by Gasteiger charge is -2.31. The first kappa shape index (κ1) is 14.1. The second-order valence-corrected chi connectivity index (χ2v) is 3.63. The van der Waals surface area contributed by atoms with Crippen LogP contribution >= 0.6 is 22.6 Å². The molecule has 0 aromatic rings. The number of rotatable bonds is 1. The summed E-state index contributed by atoms with van der Waals surface area (Å²) in [6.45, 7) is 0. The largest absolute Gasteiger partial charge is 0.458 e. The molecule has 0 aromatic carbocycles. The van der Waals surface area contributed by atoms with Crippen LogP contribution < -0.4 is 0 Å². The lowest BCUT2D eigenvalue weighted by molar-refractivity contribution is -0.350. The van der Waals surface area contributed by atoms with E-state index in [1.54, 1.807) is 0 Å². The van der Waals surface area contributed by atoms with Gasteiger partial charge in [-0.3, -0.25) is 0 Å². The summed E-state index contributed by atoms with van der Waals surface area (Å²) in [7, 11) is 0. The van der Waals surface area contributed by atoms with Crippen molar-refractivity contribution in [3.63, 3.8) is 0 Å². The van der Waals surface area contributed by atoms with E-state index >= 15 is 0 Å². The minimum atomic E-state index is -6.60. The first-order chi connectivity index (χ1) is 5.75. The zero-order chi connectivity index (χ0) is 12.0.